The zero-order chi connectivity index (χ0) is 6.10. The first kappa shape index (κ1) is 5.76. The fourth-order valence-corrected chi connectivity index (χ4v) is 2.15. The molecule has 2 aliphatic carbocycles. The van der Waals surface area contributed by atoms with Crippen molar-refractivity contribution in [1.82, 2.24) is 0 Å². The van der Waals surface area contributed by atoms with E-state index in [0.717, 1.165) is 11.8 Å². The van der Waals surface area contributed by atoms with E-state index >= 15 is 0 Å². The number of fused-ring (bicyclic) bond motifs is 1. The van der Waals surface area contributed by atoms with Crippen molar-refractivity contribution in [3.05, 3.63) is 6.42 Å². The molecule has 2 rings (SSSR count). The Morgan fingerprint density at radius 3 is 2.78 bits per heavy atom. The van der Waals surface area contributed by atoms with Crippen molar-refractivity contribution < 1.29 is 0 Å². The lowest BCUT2D eigenvalue weighted by molar-refractivity contribution is 0.202. The molecule has 51 valence electrons. The highest BCUT2D eigenvalue weighted by molar-refractivity contribution is 4.92. The Morgan fingerprint density at radius 1 is 1.00 bits per heavy atom. The van der Waals surface area contributed by atoms with E-state index in [-0.39, 0.29) is 0 Å². The molecule has 0 nitrogen and oxygen atoms in total. The van der Waals surface area contributed by atoms with Gasteiger partial charge in [0.05, 0.1) is 0 Å². The van der Waals surface area contributed by atoms with E-state index in [9.17, 15) is 0 Å². The first-order chi connectivity index (χ1) is 4.47. The van der Waals surface area contributed by atoms with E-state index < -0.39 is 0 Å². The number of rotatable bonds is 0. The van der Waals surface area contributed by atoms with Crippen molar-refractivity contribution >= 4 is 0 Å². The predicted octanol–water partition coefficient (Wildman–Crippen LogP) is 2.79. The molecule has 9 heavy (non-hydrogen) atoms. The molecule has 0 heteroatoms. The Morgan fingerprint density at radius 2 is 2.00 bits per heavy atom. The summed E-state index contributed by atoms with van der Waals surface area (Å²) in [4.78, 5) is 0. The Hall–Kier alpha value is 0. The minimum absolute atomic E-state index is 1.05. The fourth-order valence-electron chi connectivity index (χ4n) is 2.15. The van der Waals surface area contributed by atoms with Gasteiger partial charge in [-0.25, -0.2) is 0 Å². The van der Waals surface area contributed by atoms with Gasteiger partial charge in [0.1, 0.15) is 0 Å². The third kappa shape index (κ3) is 0.997. The smallest absolute Gasteiger partial charge is 0.0352 e. The van der Waals surface area contributed by atoms with Gasteiger partial charge in [-0.1, -0.05) is 19.3 Å². The van der Waals surface area contributed by atoms with E-state index in [0.29, 0.717) is 0 Å². The lowest BCUT2D eigenvalue weighted by Gasteiger charge is -2.34. The molecule has 0 amide bonds. The molecular weight excluding hydrogens is 108 g/mol. The van der Waals surface area contributed by atoms with Crippen LogP contribution in [0.1, 0.15) is 38.5 Å². The van der Waals surface area contributed by atoms with Crippen LogP contribution in [0.15, 0.2) is 0 Å². The van der Waals surface area contributed by atoms with Crippen molar-refractivity contribution in [2.45, 2.75) is 38.5 Å². The Balaban J connectivity index is 1.90. The summed E-state index contributed by atoms with van der Waals surface area (Å²) in [5.74, 6) is 2.17. The van der Waals surface area contributed by atoms with E-state index in [1.54, 1.807) is 0 Å². The third-order valence-electron chi connectivity index (χ3n) is 2.97. The zero-order valence-corrected chi connectivity index (χ0v) is 5.97. The van der Waals surface area contributed by atoms with Gasteiger partial charge in [0.15, 0.2) is 0 Å². The summed E-state index contributed by atoms with van der Waals surface area (Å²) in [5.41, 5.74) is 0. The van der Waals surface area contributed by atoms with E-state index in [2.05, 4.69) is 6.42 Å². The highest BCUT2D eigenvalue weighted by atomic mass is 14.4. The van der Waals surface area contributed by atoms with Gasteiger partial charge in [0, 0.05) is 0 Å². The number of hydrogen-bond donors (Lipinski definition) is 0. The van der Waals surface area contributed by atoms with Crippen LogP contribution in [0.25, 0.3) is 0 Å². The molecule has 0 heterocycles. The second-order valence-corrected chi connectivity index (χ2v) is 3.52. The first-order valence-corrected chi connectivity index (χ1v) is 4.30. The minimum atomic E-state index is 1.05. The summed E-state index contributed by atoms with van der Waals surface area (Å²) in [6.07, 6.45) is 11.5. The minimum Gasteiger partial charge on any atom is -0.0530 e. The Kier molecular flexibility index (Phi) is 1.48. The molecule has 0 bridgehead atoms. The molecule has 1 radical (unpaired) electrons. The van der Waals surface area contributed by atoms with Crippen LogP contribution in [-0.4, -0.2) is 0 Å². The topological polar surface area (TPSA) is 0 Å². The molecule has 0 spiro atoms. The highest BCUT2D eigenvalue weighted by Gasteiger charge is 2.30. The molecule has 0 saturated heterocycles. The van der Waals surface area contributed by atoms with E-state index in [4.69, 9.17) is 0 Å². The molecule has 0 aromatic carbocycles. The lowest BCUT2D eigenvalue weighted by atomic mass is 9.71. The summed E-state index contributed by atoms with van der Waals surface area (Å²) in [7, 11) is 0. The van der Waals surface area contributed by atoms with Gasteiger partial charge >= 0.3 is 0 Å². The highest BCUT2D eigenvalue weighted by Crippen LogP contribution is 2.42. The van der Waals surface area contributed by atoms with Crippen LogP contribution in [0, 0.1) is 18.3 Å². The predicted molar refractivity (Wildman–Crippen MR) is 39.0 cm³/mol. The Labute approximate surface area is 57.6 Å². The van der Waals surface area contributed by atoms with Gasteiger partial charge in [-0.05, 0) is 37.5 Å². The maximum absolute atomic E-state index is 2.57. The molecule has 0 aromatic rings. The summed E-state index contributed by atoms with van der Waals surface area (Å²) in [6, 6.07) is 0. The van der Waals surface area contributed by atoms with Crippen LogP contribution in [0.2, 0.25) is 0 Å². The van der Waals surface area contributed by atoms with Gasteiger partial charge in [-0.15, -0.1) is 0 Å². The van der Waals surface area contributed by atoms with Crippen molar-refractivity contribution in [3.63, 3.8) is 0 Å². The van der Waals surface area contributed by atoms with Crippen LogP contribution in [0.3, 0.4) is 0 Å². The molecular formula is C9H15. The molecule has 2 atom stereocenters. The fraction of sp³-hybridized carbons (Fsp3) is 0.889. The molecule has 2 fully saturated rings. The van der Waals surface area contributed by atoms with Gasteiger partial charge in [-0.3, -0.25) is 0 Å². The average Bonchev–Trinajstić information content (AvgIpc) is 1.94. The van der Waals surface area contributed by atoms with E-state index in [1.165, 1.54) is 38.5 Å². The third-order valence-corrected chi connectivity index (χ3v) is 2.97. The molecule has 0 N–H and O–H groups in total. The summed E-state index contributed by atoms with van der Waals surface area (Å²) in [6.45, 7) is 0. The van der Waals surface area contributed by atoms with Crippen LogP contribution in [-0.2, 0) is 0 Å². The molecule has 0 aliphatic heterocycles. The van der Waals surface area contributed by atoms with Gasteiger partial charge in [0.25, 0.3) is 0 Å². The lowest BCUT2D eigenvalue weighted by Crippen LogP contribution is -2.24. The Bertz CT molecular complexity index is 84.2. The van der Waals surface area contributed by atoms with Crippen LogP contribution in [0.4, 0.5) is 0 Å². The van der Waals surface area contributed by atoms with Crippen molar-refractivity contribution in [2.24, 2.45) is 11.8 Å². The number of hydrogen-bond acceptors (Lipinski definition) is 0. The zero-order valence-electron chi connectivity index (χ0n) is 5.97. The SMILES string of the molecule is [CH]1CCCCC2CCC12. The maximum Gasteiger partial charge on any atom is -0.0352 e. The van der Waals surface area contributed by atoms with Crippen molar-refractivity contribution in [3.8, 4) is 0 Å². The van der Waals surface area contributed by atoms with Crippen molar-refractivity contribution in [2.75, 3.05) is 0 Å². The first-order valence-electron chi connectivity index (χ1n) is 4.30. The second kappa shape index (κ2) is 2.32. The molecule has 2 unspecified atom stereocenters. The quantitative estimate of drug-likeness (QED) is 0.464. The molecule has 2 saturated carbocycles. The standard InChI is InChI=1S/C9H15/c1-2-4-8-6-7-9(8)5-3-1/h4,8-9H,1-3,5-7H2. The van der Waals surface area contributed by atoms with Crippen molar-refractivity contribution in [1.29, 1.82) is 0 Å². The van der Waals surface area contributed by atoms with Crippen LogP contribution >= 0.6 is 0 Å². The normalized spacial score (nSPS) is 42.7. The average molecular weight is 123 g/mol. The van der Waals surface area contributed by atoms with E-state index in [1.807, 2.05) is 0 Å². The van der Waals surface area contributed by atoms with Crippen LogP contribution in [0.5, 0.6) is 0 Å². The molecule has 2 aliphatic rings. The maximum atomic E-state index is 2.57. The van der Waals surface area contributed by atoms with Gasteiger partial charge in [0.2, 0.25) is 0 Å². The monoisotopic (exact) mass is 123 g/mol. The van der Waals surface area contributed by atoms with Gasteiger partial charge in [-0.2, -0.15) is 0 Å². The molecule has 0 aromatic heterocycles. The summed E-state index contributed by atoms with van der Waals surface area (Å²) >= 11 is 0. The summed E-state index contributed by atoms with van der Waals surface area (Å²) in [5, 5.41) is 0. The van der Waals surface area contributed by atoms with Gasteiger partial charge < -0.3 is 0 Å². The largest absolute Gasteiger partial charge is 0.0530 e. The second-order valence-electron chi connectivity index (χ2n) is 3.52. The van der Waals surface area contributed by atoms with Crippen LogP contribution < -0.4 is 0 Å². The summed E-state index contributed by atoms with van der Waals surface area (Å²) < 4.78 is 0.